The lowest BCUT2D eigenvalue weighted by Gasteiger charge is -2.33. The molecule has 2 atom stereocenters. The van der Waals surface area contributed by atoms with Gasteiger partial charge in [-0.2, -0.15) is 0 Å². The average molecular weight is 404 g/mol. The Morgan fingerprint density at radius 3 is 2.31 bits per heavy atom. The second-order valence-corrected chi connectivity index (χ2v) is 9.99. The maximum absolute atomic E-state index is 12.8. The van der Waals surface area contributed by atoms with Gasteiger partial charge in [-0.1, -0.05) is 44.2 Å². The van der Waals surface area contributed by atoms with Crippen LogP contribution in [0.1, 0.15) is 54.0 Å². The van der Waals surface area contributed by atoms with Crippen molar-refractivity contribution in [3.05, 3.63) is 35.9 Å². The van der Waals surface area contributed by atoms with Gasteiger partial charge in [0.1, 0.15) is 5.60 Å². The van der Waals surface area contributed by atoms with Crippen molar-refractivity contribution in [1.82, 2.24) is 15.1 Å². The van der Waals surface area contributed by atoms with Crippen LogP contribution >= 0.6 is 0 Å². The molecule has 1 aliphatic rings. The third-order valence-electron chi connectivity index (χ3n) is 5.37. The van der Waals surface area contributed by atoms with Crippen LogP contribution < -0.4 is 5.32 Å². The molecule has 1 amide bonds. The number of carbonyl (C=O) groups excluding carboxylic acids is 1. The minimum atomic E-state index is -0.474. The summed E-state index contributed by atoms with van der Waals surface area (Å²) < 4.78 is 5.69. The van der Waals surface area contributed by atoms with Crippen molar-refractivity contribution in [2.24, 2.45) is 11.8 Å². The molecule has 29 heavy (non-hydrogen) atoms. The molecule has 1 fully saturated rings. The number of nitrogens with one attached hydrogen (secondary N) is 1. The summed E-state index contributed by atoms with van der Waals surface area (Å²) in [6, 6.07) is 11.2. The van der Waals surface area contributed by atoms with Crippen LogP contribution in [0, 0.1) is 11.8 Å². The Morgan fingerprint density at radius 2 is 1.76 bits per heavy atom. The highest BCUT2D eigenvalue weighted by Crippen LogP contribution is 2.27. The van der Waals surface area contributed by atoms with Crippen LogP contribution in [-0.4, -0.2) is 59.8 Å². The zero-order chi connectivity index (χ0) is 21.6. The molecule has 1 aromatic rings. The third kappa shape index (κ3) is 7.98. The zero-order valence-electron chi connectivity index (χ0n) is 19.4. The predicted molar refractivity (Wildman–Crippen MR) is 120 cm³/mol. The van der Waals surface area contributed by atoms with Crippen LogP contribution in [0.4, 0.5) is 4.79 Å². The van der Waals surface area contributed by atoms with E-state index >= 15 is 0 Å². The van der Waals surface area contributed by atoms with Crippen molar-refractivity contribution < 1.29 is 9.53 Å². The molecule has 0 bridgehead atoms. The fourth-order valence-corrected chi connectivity index (χ4v) is 3.90. The second-order valence-electron chi connectivity index (χ2n) is 9.99. The van der Waals surface area contributed by atoms with E-state index < -0.39 is 5.60 Å². The van der Waals surface area contributed by atoms with Crippen molar-refractivity contribution in [1.29, 1.82) is 0 Å². The first-order chi connectivity index (χ1) is 13.5. The lowest BCUT2D eigenvalue weighted by atomic mass is 9.95. The molecule has 1 aliphatic heterocycles. The predicted octanol–water partition coefficient (Wildman–Crippen LogP) is 4.38. The molecule has 5 nitrogen and oxygen atoms in total. The molecule has 1 aromatic carbocycles. The minimum absolute atomic E-state index is 0.117. The maximum Gasteiger partial charge on any atom is 0.410 e. The highest BCUT2D eigenvalue weighted by molar-refractivity contribution is 5.68. The lowest BCUT2D eigenvalue weighted by Crippen LogP contribution is -2.45. The van der Waals surface area contributed by atoms with E-state index in [2.05, 4.69) is 68.2 Å². The fraction of sp³-hybridized carbons (Fsp3) is 0.708. The van der Waals surface area contributed by atoms with Crippen molar-refractivity contribution in [3.63, 3.8) is 0 Å². The Balaban J connectivity index is 2.08. The number of rotatable bonds is 8. The summed E-state index contributed by atoms with van der Waals surface area (Å²) in [4.78, 5) is 17.2. The van der Waals surface area contributed by atoms with Crippen LogP contribution in [0.2, 0.25) is 0 Å². The highest BCUT2D eigenvalue weighted by Gasteiger charge is 2.36. The van der Waals surface area contributed by atoms with Crippen LogP contribution in [0.15, 0.2) is 30.3 Å². The van der Waals surface area contributed by atoms with Crippen LogP contribution in [0.3, 0.4) is 0 Å². The van der Waals surface area contributed by atoms with E-state index in [4.69, 9.17) is 4.74 Å². The van der Waals surface area contributed by atoms with Crippen molar-refractivity contribution in [2.75, 3.05) is 26.2 Å². The van der Waals surface area contributed by atoms with Crippen molar-refractivity contribution in [3.8, 4) is 0 Å². The van der Waals surface area contributed by atoms with Gasteiger partial charge in [0.2, 0.25) is 0 Å². The van der Waals surface area contributed by atoms with E-state index in [1.165, 1.54) is 5.56 Å². The van der Waals surface area contributed by atoms with Crippen LogP contribution in [0.5, 0.6) is 0 Å². The molecule has 1 heterocycles. The standard InChI is InChI=1S/C24H41N3O2/c1-18(2)25-13-21-15-26(14-20-11-9-8-10-12-20)16-22(21)17-27(19(3)4)23(28)29-24(5,6)7/h8-12,18-19,21-22,25H,13-17H2,1-7H3. The average Bonchev–Trinajstić information content (AvgIpc) is 2.98. The van der Waals surface area contributed by atoms with E-state index in [9.17, 15) is 4.79 Å². The summed E-state index contributed by atoms with van der Waals surface area (Å²) in [5.41, 5.74) is 0.870. The number of benzene rings is 1. The normalized spacial score (nSPS) is 20.4. The van der Waals surface area contributed by atoms with E-state index in [-0.39, 0.29) is 12.1 Å². The summed E-state index contributed by atoms with van der Waals surface area (Å²) in [6.07, 6.45) is -0.204. The SMILES string of the molecule is CC(C)NCC1CN(Cc2ccccc2)CC1CN(C(=O)OC(C)(C)C)C(C)C. The van der Waals surface area contributed by atoms with E-state index in [1.807, 2.05) is 25.7 Å². The van der Waals surface area contributed by atoms with Gasteiger partial charge in [0, 0.05) is 38.3 Å². The monoisotopic (exact) mass is 403 g/mol. The highest BCUT2D eigenvalue weighted by atomic mass is 16.6. The maximum atomic E-state index is 12.8. The summed E-state index contributed by atoms with van der Waals surface area (Å²) in [5, 5.41) is 3.61. The number of likely N-dealkylation sites (tertiary alicyclic amines) is 1. The Morgan fingerprint density at radius 1 is 1.14 bits per heavy atom. The second kappa shape index (κ2) is 10.4. The van der Waals surface area contributed by atoms with Crippen molar-refractivity contribution >= 4 is 6.09 Å². The quantitative estimate of drug-likeness (QED) is 0.700. The number of hydrogen-bond donors (Lipinski definition) is 1. The van der Waals surface area contributed by atoms with E-state index in [0.29, 0.717) is 17.9 Å². The molecular weight excluding hydrogens is 362 g/mol. The van der Waals surface area contributed by atoms with Crippen molar-refractivity contribution in [2.45, 2.75) is 72.7 Å². The molecular formula is C24H41N3O2. The van der Waals surface area contributed by atoms with Gasteiger partial charge in [0.15, 0.2) is 0 Å². The van der Waals surface area contributed by atoms with Gasteiger partial charge in [-0.15, -0.1) is 0 Å². The zero-order valence-corrected chi connectivity index (χ0v) is 19.4. The first-order valence-corrected chi connectivity index (χ1v) is 11.0. The lowest BCUT2D eigenvalue weighted by molar-refractivity contribution is 0.0146. The van der Waals surface area contributed by atoms with Crippen LogP contribution in [-0.2, 0) is 11.3 Å². The topological polar surface area (TPSA) is 44.8 Å². The largest absolute Gasteiger partial charge is 0.444 e. The van der Waals surface area contributed by atoms with Gasteiger partial charge in [-0.3, -0.25) is 4.90 Å². The summed E-state index contributed by atoms with van der Waals surface area (Å²) in [6.45, 7) is 19.0. The Kier molecular flexibility index (Phi) is 8.53. The van der Waals surface area contributed by atoms with Gasteiger partial charge in [0.25, 0.3) is 0 Å². The summed E-state index contributed by atoms with van der Waals surface area (Å²) >= 11 is 0. The number of ether oxygens (including phenoxy) is 1. The Labute approximate surface area is 177 Å². The van der Waals surface area contributed by atoms with Gasteiger partial charge in [-0.05, 0) is 58.6 Å². The molecule has 2 rings (SSSR count). The fourth-order valence-electron chi connectivity index (χ4n) is 3.90. The smallest absolute Gasteiger partial charge is 0.410 e. The molecule has 0 spiro atoms. The molecule has 0 radical (unpaired) electrons. The molecule has 0 aromatic heterocycles. The molecule has 2 unspecified atom stereocenters. The van der Waals surface area contributed by atoms with Gasteiger partial charge < -0.3 is 15.0 Å². The molecule has 0 saturated carbocycles. The number of hydrogen-bond acceptors (Lipinski definition) is 4. The Bertz CT molecular complexity index is 625. The van der Waals surface area contributed by atoms with E-state index in [1.54, 1.807) is 0 Å². The van der Waals surface area contributed by atoms with Crippen LogP contribution in [0.25, 0.3) is 0 Å². The third-order valence-corrected chi connectivity index (χ3v) is 5.37. The first kappa shape index (κ1) is 23.7. The molecule has 164 valence electrons. The van der Waals surface area contributed by atoms with Gasteiger partial charge in [0.05, 0.1) is 0 Å². The van der Waals surface area contributed by atoms with E-state index in [0.717, 1.165) is 32.7 Å². The molecule has 5 heteroatoms. The number of amides is 1. The summed E-state index contributed by atoms with van der Waals surface area (Å²) in [7, 11) is 0. The molecule has 1 saturated heterocycles. The molecule has 1 N–H and O–H groups in total. The number of carbonyl (C=O) groups is 1. The first-order valence-electron chi connectivity index (χ1n) is 11.0. The summed E-state index contributed by atoms with van der Waals surface area (Å²) in [5.74, 6) is 0.949. The molecule has 0 aliphatic carbocycles. The Hall–Kier alpha value is -1.59. The number of nitrogens with zero attached hydrogens (tertiary/aromatic N) is 2. The van der Waals surface area contributed by atoms with Gasteiger partial charge >= 0.3 is 6.09 Å². The van der Waals surface area contributed by atoms with Gasteiger partial charge in [-0.25, -0.2) is 4.79 Å². The minimum Gasteiger partial charge on any atom is -0.444 e.